The molecule has 0 aliphatic rings. The summed E-state index contributed by atoms with van der Waals surface area (Å²) in [5.41, 5.74) is 5.97. The third kappa shape index (κ3) is 3.25. The first kappa shape index (κ1) is 9.17. The minimum atomic E-state index is -0.0338. The highest BCUT2D eigenvalue weighted by atomic mass is 16.1. The first-order valence-electron chi connectivity index (χ1n) is 3.31. The maximum absolute atomic E-state index is 10.8. The summed E-state index contributed by atoms with van der Waals surface area (Å²) in [4.78, 5) is 10.8. The first-order chi connectivity index (χ1) is 4.72. The smallest absolute Gasteiger partial charge is 0.246 e. The molecule has 0 saturated heterocycles. The Balaban J connectivity index is 3.80. The molecular formula is C7H14N2O. The fraction of sp³-hybridized carbons (Fsp3) is 0.571. The largest absolute Gasteiger partial charge is 0.355 e. The van der Waals surface area contributed by atoms with Crippen molar-refractivity contribution >= 4 is 5.91 Å². The number of likely N-dealkylation sites (N-methyl/N-ethyl adjacent to an activating group) is 1. The Morgan fingerprint density at radius 2 is 2.30 bits per heavy atom. The number of hydrogen-bond acceptors (Lipinski definition) is 2. The van der Waals surface area contributed by atoms with Gasteiger partial charge in [-0.3, -0.25) is 4.79 Å². The van der Waals surface area contributed by atoms with Gasteiger partial charge in [0.15, 0.2) is 0 Å². The van der Waals surface area contributed by atoms with Gasteiger partial charge in [0.2, 0.25) is 5.91 Å². The molecule has 0 aliphatic heterocycles. The summed E-state index contributed by atoms with van der Waals surface area (Å²) in [5.74, 6) is -0.0338. The fourth-order valence-electron chi connectivity index (χ4n) is 0.590. The lowest BCUT2D eigenvalue weighted by atomic mass is 10.2. The van der Waals surface area contributed by atoms with E-state index in [0.717, 1.165) is 12.0 Å². The minimum absolute atomic E-state index is 0.0338. The molecule has 0 aromatic rings. The number of amides is 1. The van der Waals surface area contributed by atoms with Crippen LogP contribution >= 0.6 is 0 Å². The van der Waals surface area contributed by atoms with Crippen LogP contribution in [-0.2, 0) is 4.79 Å². The maximum Gasteiger partial charge on any atom is 0.246 e. The average molecular weight is 142 g/mol. The molecule has 1 amide bonds. The van der Waals surface area contributed by atoms with Crippen molar-refractivity contribution in [3.63, 3.8) is 0 Å². The predicted molar refractivity (Wildman–Crippen MR) is 41.5 cm³/mol. The van der Waals surface area contributed by atoms with Gasteiger partial charge in [-0.1, -0.05) is 6.08 Å². The molecule has 0 radical (unpaired) electrons. The molecule has 3 heteroatoms. The highest BCUT2D eigenvalue weighted by molar-refractivity contribution is 5.92. The summed E-state index contributed by atoms with van der Waals surface area (Å²) in [6.07, 6.45) is 2.60. The van der Waals surface area contributed by atoms with Gasteiger partial charge in [0, 0.05) is 12.6 Å². The maximum atomic E-state index is 10.8. The van der Waals surface area contributed by atoms with Crippen molar-refractivity contribution in [2.24, 2.45) is 5.73 Å². The monoisotopic (exact) mass is 142 g/mol. The first-order valence-corrected chi connectivity index (χ1v) is 3.31. The summed E-state index contributed by atoms with van der Waals surface area (Å²) < 4.78 is 0. The second kappa shape index (κ2) is 4.99. The lowest BCUT2D eigenvalue weighted by molar-refractivity contribution is -0.117. The normalized spacial score (nSPS) is 11.3. The number of rotatable bonds is 3. The van der Waals surface area contributed by atoms with E-state index in [1.807, 2.05) is 6.08 Å². The molecule has 0 aromatic heterocycles. The van der Waals surface area contributed by atoms with Gasteiger partial charge in [-0.2, -0.15) is 0 Å². The molecular weight excluding hydrogens is 128 g/mol. The van der Waals surface area contributed by atoms with Crippen LogP contribution in [0.5, 0.6) is 0 Å². The van der Waals surface area contributed by atoms with Gasteiger partial charge in [0.05, 0.1) is 0 Å². The van der Waals surface area contributed by atoms with Gasteiger partial charge in [0.1, 0.15) is 0 Å². The van der Waals surface area contributed by atoms with Crippen LogP contribution in [0.3, 0.4) is 0 Å². The molecule has 0 bridgehead atoms. The van der Waals surface area contributed by atoms with E-state index in [9.17, 15) is 4.79 Å². The quantitative estimate of drug-likeness (QED) is 0.546. The molecule has 0 unspecified atom stereocenters. The molecule has 0 saturated carbocycles. The Morgan fingerprint density at radius 3 is 2.70 bits per heavy atom. The van der Waals surface area contributed by atoms with Crippen LogP contribution < -0.4 is 11.1 Å². The molecule has 0 atom stereocenters. The van der Waals surface area contributed by atoms with Gasteiger partial charge < -0.3 is 11.1 Å². The minimum Gasteiger partial charge on any atom is -0.355 e. The highest BCUT2D eigenvalue weighted by Gasteiger charge is 1.97. The van der Waals surface area contributed by atoms with Crippen LogP contribution in [0.15, 0.2) is 11.6 Å². The standard InChI is InChI=1S/C7H14N2O/c1-6(4-3-5-8)7(10)9-2/h4H,3,5,8H2,1-2H3,(H,9,10). The molecule has 0 aliphatic carbocycles. The van der Waals surface area contributed by atoms with Crippen LogP contribution in [0.1, 0.15) is 13.3 Å². The third-order valence-electron chi connectivity index (χ3n) is 1.20. The van der Waals surface area contributed by atoms with Gasteiger partial charge in [-0.05, 0) is 19.9 Å². The highest BCUT2D eigenvalue weighted by Crippen LogP contribution is 1.92. The van der Waals surface area contributed by atoms with Gasteiger partial charge in [0.25, 0.3) is 0 Å². The summed E-state index contributed by atoms with van der Waals surface area (Å²) in [6.45, 7) is 2.36. The van der Waals surface area contributed by atoms with Gasteiger partial charge in [-0.25, -0.2) is 0 Å². The summed E-state index contributed by atoms with van der Waals surface area (Å²) >= 11 is 0. The number of nitrogens with two attached hydrogens (primary N) is 1. The van der Waals surface area contributed by atoms with Crippen LogP contribution in [-0.4, -0.2) is 19.5 Å². The van der Waals surface area contributed by atoms with Gasteiger partial charge in [-0.15, -0.1) is 0 Å². The van der Waals surface area contributed by atoms with Crippen molar-refractivity contribution in [3.05, 3.63) is 11.6 Å². The molecule has 0 fully saturated rings. The second-order valence-corrected chi connectivity index (χ2v) is 2.04. The number of carbonyl (C=O) groups is 1. The van der Waals surface area contributed by atoms with Crippen molar-refractivity contribution in [1.82, 2.24) is 5.32 Å². The lowest BCUT2D eigenvalue weighted by Gasteiger charge is -1.97. The molecule has 0 rings (SSSR count). The van der Waals surface area contributed by atoms with Gasteiger partial charge >= 0.3 is 0 Å². The summed E-state index contributed by atoms with van der Waals surface area (Å²) in [5, 5.41) is 2.53. The SMILES string of the molecule is CNC(=O)C(C)=CCCN. The van der Waals surface area contributed by atoms with Crippen molar-refractivity contribution < 1.29 is 4.79 Å². The molecule has 0 aromatic carbocycles. The van der Waals surface area contributed by atoms with Crippen LogP contribution in [0.25, 0.3) is 0 Å². The zero-order valence-corrected chi connectivity index (χ0v) is 6.48. The molecule has 10 heavy (non-hydrogen) atoms. The Kier molecular flexibility index (Phi) is 4.58. The molecule has 58 valence electrons. The zero-order chi connectivity index (χ0) is 7.98. The Labute approximate surface area is 61.3 Å². The van der Waals surface area contributed by atoms with Crippen LogP contribution in [0.2, 0.25) is 0 Å². The Hall–Kier alpha value is -0.830. The number of carbonyl (C=O) groups excluding carboxylic acids is 1. The van der Waals surface area contributed by atoms with E-state index >= 15 is 0 Å². The fourth-order valence-corrected chi connectivity index (χ4v) is 0.590. The van der Waals surface area contributed by atoms with E-state index in [-0.39, 0.29) is 5.91 Å². The van der Waals surface area contributed by atoms with Crippen molar-refractivity contribution in [3.8, 4) is 0 Å². The van der Waals surface area contributed by atoms with Crippen LogP contribution in [0, 0.1) is 0 Å². The van der Waals surface area contributed by atoms with Crippen LogP contribution in [0.4, 0.5) is 0 Å². The van der Waals surface area contributed by atoms with E-state index in [0.29, 0.717) is 6.54 Å². The predicted octanol–water partition coefficient (Wildman–Crippen LogP) is 0.0275. The lowest BCUT2D eigenvalue weighted by Crippen LogP contribution is -2.18. The van der Waals surface area contributed by atoms with Crippen molar-refractivity contribution in [2.75, 3.05) is 13.6 Å². The van der Waals surface area contributed by atoms with E-state index in [1.54, 1.807) is 14.0 Å². The topological polar surface area (TPSA) is 55.1 Å². The number of nitrogens with one attached hydrogen (secondary N) is 1. The third-order valence-corrected chi connectivity index (χ3v) is 1.20. The Bertz CT molecular complexity index is 141. The molecule has 0 spiro atoms. The average Bonchev–Trinajstić information content (AvgIpc) is 1.98. The number of hydrogen-bond donors (Lipinski definition) is 2. The van der Waals surface area contributed by atoms with E-state index < -0.39 is 0 Å². The van der Waals surface area contributed by atoms with Crippen molar-refractivity contribution in [1.29, 1.82) is 0 Å². The molecule has 0 heterocycles. The summed E-state index contributed by atoms with van der Waals surface area (Å²) in [7, 11) is 1.61. The molecule has 3 N–H and O–H groups in total. The Morgan fingerprint density at radius 1 is 1.70 bits per heavy atom. The van der Waals surface area contributed by atoms with E-state index in [4.69, 9.17) is 5.73 Å². The van der Waals surface area contributed by atoms with Crippen molar-refractivity contribution in [2.45, 2.75) is 13.3 Å². The second-order valence-electron chi connectivity index (χ2n) is 2.04. The summed E-state index contributed by atoms with van der Waals surface area (Å²) in [6, 6.07) is 0. The van der Waals surface area contributed by atoms with E-state index in [1.165, 1.54) is 0 Å². The van der Waals surface area contributed by atoms with E-state index in [2.05, 4.69) is 5.32 Å². The zero-order valence-electron chi connectivity index (χ0n) is 6.48. The molecule has 3 nitrogen and oxygen atoms in total.